The predicted molar refractivity (Wildman–Crippen MR) is 55.5 cm³/mol. The van der Waals surface area contributed by atoms with E-state index in [2.05, 4.69) is 10.1 Å². The molecule has 0 saturated carbocycles. The summed E-state index contributed by atoms with van der Waals surface area (Å²) in [6.07, 6.45) is 3.25. The molecule has 0 aliphatic carbocycles. The number of halogens is 1. The molecule has 0 atom stereocenters. The molecule has 0 aliphatic rings. The standard InChI is InChI=1S/C9H9ClN4/c1-6-8(11)5-13-14(6)9-7(10)3-2-4-12-9/h2-5H,11H2,1H3. The van der Waals surface area contributed by atoms with Crippen molar-refractivity contribution >= 4 is 17.3 Å². The number of nitrogens with two attached hydrogens (primary N) is 1. The van der Waals surface area contributed by atoms with Crippen molar-refractivity contribution in [1.82, 2.24) is 14.8 Å². The zero-order valence-corrected chi connectivity index (χ0v) is 8.36. The van der Waals surface area contributed by atoms with Crippen molar-refractivity contribution in [3.63, 3.8) is 0 Å². The van der Waals surface area contributed by atoms with Crippen LogP contribution in [0, 0.1) is 6.92 Å². The minimum Gasteiger partial charge on any atom is -0.396 e. The van der Waals surface area contributed by atoms with Crippen LogP contribution < -0.4 is 5.73 Å². The van der Waals surface area contributed by atoms with Gasteiger partial charge in [0.25, 0.3) is 0 Å². The van der Waals surface area contributed by atoms with Crippen LogP contribution in [0.2, 0.25) is 5.02 Å². The van der Waals surface area contributed by atoms with Crippen LogP contribution in [-0.4, -0.2) is 14.8 Å². The molecule has 0 fully saturated rings. The fourth-order valence-electron chi connectivity index (χ4n) is 1.17. The third kappa shape index (κ3) is 1.33. The molecule has 0 saturated heterocycles. The van der Waals surface area contributed by atoms with Crippen LogP contribution in [0.1, 0.15) is 5.69 Å². The molecule has 0 aliphatic heterocycles. The van der Waals surface area contributed by atoms with Crippen LogP contribution in [0.3, 0.4) is 0 Å². The van der Waals surface area contributed by atoms with Crippen LogP contribution in [0.25, 0.3) is 5.82 Å². The average molecular weight is 209 g/mol. The van der Waals surface area contributed by atoms with Gasteiger partial charge in [-0.05, 0) is 19.1 Å². The average Bonchev–Trinajstić information content (AvgIpc) is 2.49. The lowest BCUT2D eigenvalue weighted by atomic mass is 10.4. The van der Waals surface area contributed by atoms with Gasteiger partial charge in [0.15, 0.2) is 5.82 Å². The van der Waals surface area contributed by atoms with Crippen LogP contribution in [0.5, 0.6) is 0 Å². The Morgan fingerprint density at radius 1 is 1.50 bits per heavy atom. The van der Waals surface area contributed by atoms with Gasteiger partial charge in [0.2, 0.25) is 0 Å². The first-order valence-electron chi connectivity index (χ1n) is 4.11. The summed E-state index contributed by atoms with van der Waals surface area (Å²) in [5.74, 6) is 0.600. The minimum atomic E-state index is 0.554. The van der Waals surface area contributed by atoms with Gasteiger partial charge in [-0.15, -0.1) is 0 Å². The van der Waals surface area contributed by atoms with Crippen molar-refractivity contribution in [3.05, 3.63) is 35.2 Å². The summed E-state index contributed by atoms with van der Waals surface area (Å²) in [6, 6.07) is 3.54. The Hall–Kier alpha value is -1.55. The summed E-state index contributed by atoms with van der Waals surface area (Å²) in [4.78, 5) is 4.14. The first kappa shape index (κ1) is 9.02. The van der Waals surface area contributed by atoms with Gasteiger partial charge >= 0.3 is 0 Å². The van der Waals surface area contributed by atoms with Crippen molar-refractivity contribution < 1.29 is 0 Å². The van der Waals surface area contributed by atoms with Gasteiger partial charge in [-0.3, -0.25) is 0 Å². The third-order valence-corrected chi connectivity index (χ3v) is 2.28. The van der Waals surface area contributed by atoms with Crippen LogP contribution in [0.4, 0.5) is 5.69 Å². The molecule has 4 nitrogen and oxygen atoms in total. The van der Waals surface area contributed by atoms with E-state index in [0.717, 1.165) is 5.69 Å². The largest absolute Gasteiger partial charge is 0.396 e. The van der Waals surface area contributed by atoms with Gasteiger partial charge in [-0.1, -0.05) is 11.6 Å². The Bertz CT molecular complexity index is 464. The normalized spacial score (nSPS) is 10.4. The highest BCUT2D eigenvalue weighted by atomic mass is 35.5. The molecule has 0 aromatic carbocycles. The number of aromatic nitrogens is 3. The van der Waals surface area contributed by atoms with Gasteiger partial charge in [-0.2, -0.15) is 5.10 Å². The second kappa shape index (κ2) is 3.31. The third-order valence-electron chi connectivity index (χ3n) is 1.99. The minimum absolute atomic E-state index is 0.554. The first-order valence-corrected chi connectivity index (χ1v) is 4.49. The number of anilines is 1. The molecule has 0 bridgehead atoms. The van der Waals surface area contributed by atoms with Crippen molar-refractivity contribution in [3.8, 4) is 5.82 Å². The van der Waals surface area contributed by atoms with Gasteiger partial charge in [-0.25, -0.2) is 9.67 Å². The lowest BCUT2D eigenvalue weighted by Gasteiger charge is -2.04. The second-order valence-electron chi connectivity index (χ2n) is 2.91. The van der Waals surface area contributed by atoms with Crippen molar-refractivity contribution in [2.24, 2.45) is 0 Å². The van der Waals surface area contributed by atoms with E-state index in [1.807, 2.05) is 6.92 Å². The zero-order chi connectivity index (χ0) is 10.1. The Morgan fingerprint density at radius 3 is 2.86 bits per heavy atom. The Balaban J connectivity index is 2.60. The van der Waals surface area contributed by atoms with E-state index in [9.17, 15) is 0 Å². The molecule has 2 rings (SSSR count). The number of hydrogen-bond donors (Lipinski definition) is 1. The molecule has 0 spiro atoms. The summed E-state index contributed by atoms with van der Waals surface area (Å²) in [5.41, 5.74) is 7.14. The van der Waals surface area contributed by atoms with Gasteiger partial charge < -0.3 is 5.73 Å². The van der Waals surface area contributed by atoms with E-state index in [1.165, 1.54) is 0 Å². The number of nitrogens with zero attached hydrogens (tertiary/aromatic N) is 3. The first-order chi connectivity index (χ1) is 6.70. The number of pyridine rings is 1. The summed E-state index contributed by atoms with van der Waals surface area (Å²) in [7, 11) is 0. The lowest BCUT2D eigenvalue weighted by molar-refractivity contribution is 0.818. The monoisotopic (exact) mass is 208 g/mol. The number of nitrogen functional groups attached to an aromatic ring is 1. The van der Waals surface area contributed by atoms with Crippen LogP contribution in [0.15, 0.2) is 24.5 Å². The predicted octanol–water partition coefficient (Wildman–Crippen LogP) is 1.81. The van der Waals surface area contributed by atoms with Gasteiger partial charge in [0.1, 0.15) is 0 Å². The van der Waals surface area contributed by atoms with E-state index in [4.69, 9.17) is 17.3 Å². The maximum absolute atomic E-state index is 5.98. The highest BCUT2D eigenvalue weighted by Crippen LogP contribution is 2.20. The molecule has 2 heterocycles. The summed E-state index contributed by atoms with van der Waals surface area (Å²) in [6.45, 7) is 1.87. The van der Waals surface area contributed by atoms with Gasteiger partial charge in [0.05, 0.1) is 22.6 Å². The Morgan fingerprint density at radius 2 is 2.29 bits per heavy atom. The molecular weight excluding hydrogens is 200 g/mol. The fourth-order valence-corrected chi connectivity index (χ4v) is 1.37. The summed E-state index contributed by atoms with van der Waals surface area (Å²) in [5, 5.41) is 4.65. The maximum atomic E-state index is 5.98. The Kier molecular flexibility index (Phi) is 2.13. The smallest absolute Gasteiger partial charge is 0.172 e. The maximum Gasteiger partial charge on any atom is 0.172 e. The SMILES string of the molecule is Cc1c(N)cnn1-c1ncccc1Cl. The molecule has 72 valence electrons. The number of rotatable bonds is 1. The summed E-state index contributed by atoms with van der Waals surface area (Å²) >= 11 is 5.98. The second-order valence-corrected chi connectivity index (χ2v) is 3.31. The van der Waals surface area contributed by atoms with E-state index in [0.29, 0.717) is 16.5 Å². The summed E-state index contributed by atoms with van der Waals surface area (Å²) < 4.78 is 1.62. The van der Waals surface area contributed by atoms with Crippen molar-refractivity contribution in [2.75, 3.05) is 5.73 Å². The van der Waals surface area contributed by atoms with Crippen molar-refractivity contribution in [2.45, 2.75) is 6.92 Å². The Labute approximate surface area is 86.3 Å². The molecular formula is C9H9ClN4. The van der Waals surface area contributed by atoms with Gasteiger partial charge in [0, 0.05) is 6.20 Å². The highest BCUT2D eigenvalue weighted by molar-refractivity contribution is 6.32. The molecule has 14 heavy (non-hydrogen) atoms. The molecule has 0 amide bonds. The number of hydrogen-bond acceptors (Lipinski definition) is 3. The highest BCUT2D eigenvalue weighted by Gasteiger charge is 2.08. The van der Waals surface area contributed by atoms with Crippen LogP contribution in [-0.2, 0) is 0 Å². The van der Waals surface area contributed by atoms with E-state index < -0.39 is 0 Å². The van der Waals surface area contributed by atoms with E-state index >= 15 is 0 Å². The molecule has 0 unspecified atom stereocenters. The lowest BCUT2D eigenvalue weighted by Crippen LogP contribution is -2.02. The quantitative estimate of drug-likeness (QED) is 0.778. The van der Waals surface area contributed by atoms with E-state index in [-0.39, 0.29) is 0 Å². The van der Waals surface area contributed by atoms with E-state index in [1.54, 1.807) is 29.2 Å². The molecule has 0 radical (unpaired) electrons. The van der Waals surface area contributed by atoms with Crippen molar-refractivity contribution in [1.29, 1.82) is 0 Å². The fraction of sp³-hybridized carbons (Fsp3) is 0.111. The zero-order valence-electron chi connectivity index (χ0n) is 7.61. The molecule has 2 N–H and O–H groups in total. The topological polar surface area (TPSA) is 56.7 Å². The van der Waals surface area contributed by atoms with Crippen LogP contribution >= 0.6 is 11.6 Å². The molecule has 2 aromatic heterocycles. The molecule has 2 aromatic rings. The molecule has 5 heteroatoms.